The summed E-state index contributed by atoms with van der Waals surface area (Å²) in [5, 5.41) is 2.54. The first-order valence-electron chi connectivity index (χ1n) is 7.19. The molecule has 0 unspecified atom stereocenters. The predicted octanol–water partition coefficient (Wildman–Crippen LogP) is 3.58. The van der Waals surface area contributed by atoms with E-state index in [9.17, 15) is 9.59 Å². The SMILES string of the molecule is CCCOc1ccccc1/C=C/C(=O)Nc1cc(Br)c[nH]c1=O. The zero-order chi connectivity index (χ0) is 16.7. The maximum absolute atomic E-state index is 12.0. The van der Waals surface area contributed by atoms with Gasteiger partial charge in [-0.05, 0) is 40.6 Å². The molecule has 1 aromatic heterocycles. The van der Waals surface area contributed by atoms with E-state index < -0.39 is 0 Å². The number of benzene rings is 1. The summed E-state index contributed by atoms with van der Waals surface area (Å²) < 4.78 is 6.30. The van der Waals surface area contributed by atoms with Crippen LogP contribution < -0.4 is 15.6 Å². The van der Waals surface area contributed by atoms with Crippen molar-refractivity contribution < 1.29 is 9.53 Å². The second kappa shape index (κ2) is 8.33. The zero-order valence-corrected chi connectivity index (χ0v) is 14.2. The van der Waals surface area contributed by atoms with Gasteiger partial charge in [0.15, 0.2) is 0 Å². The minimum Gasteiger partial charge on any atom is -0.493 e. The number of rotatable bonds is 6. The number of hydrogen-bond donors (Lipinski definition) is 2. The van der Waals surface area contributed by atoms with Crippen LogP contribution in [0, 0.1) is 0 Å². The lowest BCUT2D eigenvalue weighted by molar-refractivity contribution is -0.111. The predicted molar refractivity (Wildman–Crippen MR) is 94.7 cm³/mol. The molecule has 6 heteroatoms. The van der Waals surface area contributed by atoms with E-state index in [1.807, 2.05) is 31.2 Å². The third kappa shape index (κ3) is 5.10. The first-order chi connectivity index (χ1) is 11.1. The fourth-order valence-electron chi connectivity index (χ4n) is 1.85. The molecular weight excluding hydrogens is 360 g/mol. The summed E-state index contributed by atoms with van der Waals surface area (Å²) in [5.41, 5.74) is 0.630. The van der Waals surface area contributed by atoms with Crippen molar-refractivity contribution in [2.24, 2.45) is 0 Å². The maximum Gasteiger partial charge on any atom is 0.271 e. The van der Waals surface area contributed by atoms with Crippen molar-refractivity contribution in [1.82, 2.24) is 4.98 Å². The van der Waals surface area contributed by atoms with Crippen LogP contribution in [0.25, 0.3) is 6.08 Å². The van der Waals surface area contributed by atoms with Gasteiger partial charge in [-0.3, -0.25) is 9.59 Å². The maximum atomic E-state index is 12.0. The number of aromatic amines is 1. The highest BCUT2D eigenvalue weighted by Crippen LogP contribution is 2.19. The molecule has 2 aromatic rings. The van der Waals surface area contributed by atoms with Crippen LogP contribution in [0.1, 0.15) is 18.9 Å². The van der Waals surface area contributed by atoms with Gasteiger partial charge in [0.05, 0.1) is 6.61 Å². The van der Waals surface area contributed by atoms with Crippen LogP contribution in [0.3, 0.4) is 0 Å². The van der Waals surface area contributed by atoms with Crippen molar-refractivity contribution >= 4 is 33.6 Å². The number of para-hydroxylation sites is 1. The Kier molecular flexibility index (Phi) is 6.17. The van der Waals surface area contributed by atoms with Gasteiger partial charge in [0, 0.05) is 22.3 Å². The van der Waals surface area contributed by atoms with E-state index in [4.69, 9.17) is 4.74 Å². The lowest BCUT2D eigenvalue weighted by atomic mass is 10.2. The van der Waals surface area contributed by atoms with Crippen LogP contribution in [-0.2, 0) is 4.79 Å². The van der Waals surface area contributed by atoms with Gasteiger partial charge >= 0.3 is 0 Å². The van der Waals surface area contributed by atoms with E-state index in [2.05, 4.69) is 26.2 Å². The van der Waals surface area contributed by atoms with Gasteiger partial charge in [-0.1, -0.05) is 25.1 Å². The molecule has 2 rings (SSSR count). The number of ether oxygens (including phenoxy) is 1. The van der Waals surface area contributed by atoms with Crippen molar-refractivity contribution in [2.75, 3.05) is 11.9 Å². The minimum atomic E-state index is -0.390. The molecule has 1 amide bonds. The van der Waals surface area contributed by atoms with Crippen LogP contribution in [0.4, 0.5) is 5.69 Å². The zero-order valence-electron chi connectivity index (χ0n) is 12.6. The van der Waals surface area contributed by atoms with E-state index in [-0.39, 0.29) is 17.2 Å². The number of amides is 1. The first kappa shape index (κ1) is 17.0. The quantitative estimate of drug-likeness (QED) is 0.756. The molecule has 0 aliphatic carbocycles. The lowest BCUT2D eigenvalue weighted by Gasteiger charge is -2.07. The number of aromatic nitrogens is 1. The summed E-state index contributed by atoms with van der Waals surface area (Å²) >= 11 is 3.24. The Balaban J connectivity index is 2.09. The number of H-pyrrole nitrogens is 1. The summed E-state index contributed by atoms with van der Waals surface area (Å²) in [6.45, 7) is 2.64. The van der Waals surface area contributed by atoms with Gasteiger partial charge in [0.1, 0.15) is 11.4 Å². The summed E-state index contributed by atoms with van der Waals surface area (Å²) in [4.78, 5) is 26.1. The molecule has 0 fully saturated rings. The van der Waals surface area contributed by atoms with Crippen LogP contribution in [0.5, 0.6) is 5.75 Å². The monoisotopic (exact) mass is 376 g/mol. The molecule has 0 aliphatic rings. The average molecular weight is 377 g/mol. The van der Waals surface area contributed by atoms with Crippen molar-refractivity contribution in [3.63, 3.8) is 0 Å². The number of halogens is 1. The van der Waals surface area contributed by atoms with Gasteiger partial charge in [0.25, 0.3) is 5.56 Å². The largest absolute Gasteiger partial charge is 0.493 e. The first-order valence-corrected chi connectivity index (χ1v) is 7.98. The van der Waals surface area contributed by atoms with Crippen molar-refractivity contribution in [1.29, 1.82) is 0 Å². The topological polar surface area (TPSA) is 71.2 Å². The Morgan fingerprint density at radius 3 is 2.96 bits per heavy atom. The molecule has 23 heavy (non-hydrogen) atoms. The highest BCUT2D eigenvalue weighted by atomic mass is 79.9. The third-order valence-corrected chi connectivity index (χ3v) is 3.38. The smallest absolute Gasteiger partial charge is 0.271 e. The van der Waals surface area contributed by atoms with Crippen LogP contribution in [0.15, 0.2) is 51.9 Å². The summed E-state index contributed by atoms with van der Waals surface area (Å²) in [5.74, 6) is 0.331. The van der Waals surface area contributed by atoms with Gasteiger partial charge < -0.3 is 15.0 Å². The second-order valence-electron chi connectivity index (χ2n) is 4.77. The number of hydrogen-bond acceptors (Lipinski definition) is 3. The highest BCUT2D eigenvalue weighted by molar-refractivity contribution is 9.10. The average Bonchev–Trinajstić information content (AvgIpc) is 2.55. The van der Waals surface area contributed by atoms with Crippen LogP contribution >= 0.6 is 15.9 Å². The Morgan fingerprint density at radius 2 is 2.17 bits per heavy atom. The molecule has 0 aliphatic heterocycles. The Bertz CT molecular complexity index is 768. The van der Waals surface area contributed by atoms with E-state index >= 15 is 0 Å². The van der Waals surface area contributed by atoms with Crippen molar-refractivity contribution in [3.8, 4) is 5.75 Å². The molecule has 0 spiro atoms. The Hall–Kier alpha value is -2.34. The molecule has 120 valence electrons. The molecule has 0 saturated heterocycles. The normalized spacial score (nSPS) is 10.7. The molecule has 0 saturated carbocycles. The van der Waals surface area contributed by atoms with Gasteiger partial charge in [0.2, 0.25) is 5.91 Å². The van der Waals surface area contributed by atoms with Crippen molar-refractivity contribution in [2.45, 2.75) is 13.3 Å². The molecular formula is C17H17BrN2O3. The fraction of sp³-hybridized carbons (Fsp3) is 0.176. The van der Waals surface area contributed by atoms with Gasteiger partial charge in [-0.2, -0.15) is 0 Å². The van der Waals surface area contributed by atoms with E-state index in [1.165, 1.54) is 12.3 Å². The number of nitrogens with one attached hydrogen (secondary N) is 2. The standard InChI is InChI=1S/C17H17BrN2O3/c1-2-9-23-15-6-4-3-5-12(15)7-8-16(21)20-14-10-13(18)11-19-17(14)22/h3-8,10-11H,2,9H2,1H3,(H,19,22)(H,20,21)/b8-7+. The molecule has 1 aromatic carbocycles. The Labute approximate surface area is 142 Å². The summed E-state index contributed by atoms with van der Waals surface area (Å²) in [7, 11) is 0. The van der Waals surface area contributed by atoms with E-state index in [0.717, 1.165) is 17.7 Å². The number of carbonyl (C=O) groups is 1. The Morgan fingerprint density at radius 1 is 1.39 bits per heavy atom. The summed E-state index contributed by atoms with van der Waals surface area (Å²) in [6, 6.07) is 9.01. The highest BCUT2D eigenvalue weighted by Gasteiger charge is 2.04. The molecule has 0 atom stereocenters. The molecule has 0 bridgehead atoms. The van der Waals surface area contributed by atoms with Crippen LogP contribution in [-0.4, -0.2) is 17.5 Å². The fourth-order valence-corrected chi connectivity index (χ4v) is 2.20. The minimum absolute atomic E-state index is 0.185. The van der Waals surface area contributed by atoms with Gasteiger partial charge in [-0.25, -0.2) is 0 Å². The van der Waals surface area contributed by atoms with E-state index in [0.29, 0.717) is 11.1 Å². The van der Waals surface area contributed by atoms with E-state index in [1.54, 1.807) is 12.1 Å². The van der Waals surface area contributed by atoms with Crippen LogP contribution in [0.2, 0.25) is 0 Å². The molecule has 0 radical (unpaired) electrons. The molecule has 5 nitrogen and oxygen atoms in total. The lowest BCUT2D eigenvalue weighted by Crippen LogP contribution is -2.17. The number of anilines is 1. The van der Waals surface area contributed by atoms with Gasteiger partial charge in [-0.15, -0.1) is 0 Å². The number of pyridine rings is 1. The third-order valence-electron chi connectivity index (χ3n) is 2.92. The molecule has 2 N–H and O–H groups in total. The number of carbonyl (C=O) groups excluding carboxylic acids is 1. The van der Waals surface area contributed by atoms with Crippen molar-refractivity contribution in [3.05, 3.63) is 63.0 Å². The summed E-state index contributed by atoms with van der Waals surface area (Å²) in [6.07, 6.45) is 5.44. The molecule has 1 heterocycles. The second-order valence-corrected chi connectivity index (χ2v) is 5.69.